The van der Waals surface area contributed by atoms with Crippen molar-refractivity contribution in [3.05, 3.63) is 58.1 Å². The third-order valence-electron chi connectivity index (χ3n) is 3.32. The van der Waals surface area contributed by atoms with Gasteiger partial charge in [-0.25, -0.2) is 0 Å². The predicted octanol–water partition coefficient (Wildman–Crippen LogP) is 3.32. The highest BCUT2D eigenvalue weighted by molar-refractivity contribution is 5.94. The summed E-state index contributed by atoms with van der Waals surface area (Å²) in [5.41, 5.74) is 1.53. The molecular formula is C17H18N2O5. The number of amides is 1. The predicted molar refractivity (Wildman–Crippen MR) is 89.5 cm³/mol. The van der Waals surface area contributed by atoms with Crippen LogP contribution in [0.3, 0.4) is 0 Å². The summed E-state index contributed by atoms with van der Waals surface area (Å²) in [6, 6.07) is 11.3. The molecule has 126 valence electrons. The van der Waals surface area contributed by atoms with Crippen LogP contribution in [0.25, 0.3) is 0 Å². The molecule has 1 unspecified atom stereocenters. The lowest BCUT2D eigenvalue weighted by atomic mass is 10.2. The van der Waals surface area contributed by atoms with Crippen LogP contribution < -0.4 is 14.8 Å². The van der Waals surface area contributed by atoms with Crippen molar-refractivity contribution >= 4 is 17.3 Å². The van der Waals surface area contributed by atoms with Gasteiger partial charge in [0.25, 0.3) is 11.6 Å². The first-order chi connectivity index (χ1) is 11.4. The average molecular weight is 330 g/mol. The second-order valence-electron chi connectivity index (χ2n) is 5.21. The Bertz CT molecular complexity index is 760. The van der Waals surface area contributed by atoms with Gasteiger partial charge in [-0.05, 0) is 37.6 Å². The smallest absolute Gasteiger partial charge is 0.273 e. The van der Waals surface area contributed by atoms with Gasteiger partial charge in [-0.15, -0.1) is 0 Å². The molecule has 0 fully saturated rings. The van der Waals surface area contributed by atoms with Crippen LogP contribution in [-0.4, -0.2) is 24.0 Å². The molecule has 1 atom stereocenters. The Labute approximate surface area is 139 Å². The highest BCUT2D eigenvalue weighted by atomic mass is 16.6. The van der Waals surface area contributed by atoms with E-state index in [4.69, 9.17) is 9.47 Å². The monoisotopic (exact) mass is 330 g/mol. The maximum Gasteiger partial charge on any atom is 0.273 e. The van der Waals surface area contributed by atoms with E-state index in [0.717, 1.165) is 5.56 Å². The fraction of sp³-hybridized carbons (Fsp3) is 0.235. The Morgan fingerprint density at radius 1 is 1.21 bits per heavy atom. The number of nitro benzene ring substituents is 1. The van der Waals surface area contributed by atoms with Gasteiger partial charge in [0.05, 0.1) is 18.1 Å². The van der Waals surface area contributed by atoms with Gasteiger partial charge in [-0.3, -0.25) is 14.9 Å². The normalized spacial score (nSPS) is 11.5. The minimum atomic E-state index is -0.860. The summed E-state index contributed by atoms with van der Waals surface area (Å²) >= 11 is 0. The van der Waals surface area contributed by atoms with Crippen LogP contribution >= 0.6 is 0 Å². The van der Waals surface area contributed by atoms with Gasteiger partial charge in [0, 0.05) is 11.8 Å². The molecule has 0 aliphatic rings. The quantitative estimate of drug-likeness (QED) is 0.648. The fourth-order valence-electron chi connectivity index (χ4n) is 2.08. The number of nitro groups is 1. The average Bonchev–Trinajstić information content (AvgIpc) is 2.54. The van der Waals surface area contributed by atoms with Gasteiger partial charge in [0.1, 0.15) is 0 Å². The molecule has 2 aromatic carbocycles. The first kappa shape index (κ1) is 17.3. The summed E-state index contributed by atoms with van der Waals surface area (Å²) in [5.74, 6) is 0.0866. The molecule has 0 aliphatic heterocycles. The number of methoxy groups -OCH3 is 1. The van der Waals surface area contributed by atoms with E-state index in [1.54, 1.807) is 13.0 Å². The number of carbonyl (C=O) groups excluding carboxylic acids is 1. The van der Waals surface area contributed by atoms with Gasteiger partial charge in [0.15, 0.2) is 17.6 Å². The molecule has 7 heteroatoms. The highest BCUT2D eigenvalue weighted by Gasteiger charge is 2.19. The van der Waals surface area contributed by atoms with Gasteiger partial charge in [-0.2, -0.15) is 0 Å². The maximum absolute atomic E-state index is 12.2. The van der Waals surface area contributed by atoms with Crippen molar-refractivity contribution in [2.45, 2.75) is 20.0 Å². The first-order valence-corrected chi connectivity index (χ1v) is 7.27. The van der Waals surface area contributed by atoms with Crippen LogP contribution in [0.15, 0.2) is 42.5 Å². The summed E-state index contributed by atoms with van der Waals surface area (Å²) in [6.45, 7) is 3.48. The molecule has 0 saturated carbocycles. The van der Waals surface area contributed by atoms with Gasteiger partial charge >= 0.3 is 0 Å². The summed E-state index contributed by atoms with van der Waals surface area (Å²) in [6.07, 6.45) is -0.860. The third-order valence-corrected chi connectivity index (χ3v) is 3.32. The molecule has 24 heavy (non-hydrogen) atoms. The molecule has 0 aliphatic carbocycles. The van der Waals surface area contributed by atoms with Gasteiger partial charge in [0.2, 0.25) is 0 Å². The second kappa shape index (κ2) is 7.45. The van der Waals surface area contributed by atoms with Crippen LogP contribution in [0.4, 0.5) is 11.4 Å². The number of aryl methyl sites for hydroxylation is 1. The Balaban J connectivity index is 2.13. The first-order valence-electron chi connectivity index (χ1n) is 7.27. The van der Waals surface area contributed by atoms with E-state index in [1.165, 1.54) is 25.3 Å². The molecule has 2 rings (SSSR count). The molecule has 0 aromatic heterocycles. The second-order valence-corrected chi connectivity index (χ2v) is 5.21. The van der Waals surface area contributed by atoms with E-state index in [-0.39, 0.29) is 17.3 Å². The number of nitrogens with one attached hydrogen (secondary N) is 1. The van der Waals surface area contributed by atoms with Crippen LogP contribution in [0.5, 0.6) is 11.5 Å². The number of hydrogen-bond donors (Lipinski definition) is 1. The molecule has 1 N–H and O–H groups in total. The number of benzene rings is 2. The standard InChI is InChI=1S/C17H18N2O5/c1-11-5-4-6-13(9-11)18-17(20)12(2)24-16-10-14(19(21)22)7-8-15(16)23-3/h4-10,12H,1-3H3,(H,18,20). The molecular weight excluding hydrogens is 312 g/mol. The molecule has 0 heterocycles. The van der Waals surface area contributed by atoms with Crippen LogP contribution in [0.2, 0.25) is 0 Å². The number of ether oxygens (including phenoxy) is 2. The zero-order valence-corrected chi connectivity index (χ0v) is 13.6. The van der Waals surface area contributed by atoms with Crippen molar-refractivity contribution in [2.24, 2.45) is 0 Å². The van der Waals surface area contributed by atoms with Crippen molar-refractivity contribution in [2.75, 3.05) is 12.4 Å². The number of hydrogen-bond acceptors (Lipinski definition) is 5. The number of rotatable bonds is 6. The zero-order chi connectivity index (χ0) is 17.7. The Kier molecular flexibility index (Phi) is 5.36. The molecule has 0 bridgehead atoms. The molecule has 0 spiro atoms. The summed E-state index contributed by atoms with van der Waals surface area (Å²) < 4.78 is 10.7. The Morgan fingerprint density at radius 2 is 1.96 bits per heavy atom. The van der Waals surface area contributed by atoms with E-state index in [9.17, 15) is 14.9 Å². The number of non-ortho nitro benzene ring substituents is 1. The van der Waals surface area contributed by atoms with Crippen molar-refractivity contribution in [1.82, 2.24) is 0 Å². The van der Waals surface area contributed by atoms with E-state index < -0.39 is 11.0 Å². The minimum absolute atomic E-state index is 0.138. The minimum Gasteiger partial charge on any atom is -0.493 e. The zero-order valence-electron chi connectivity index (χ0n) is 13.6. The molecule has 1 amide bonds. The van der Waals surface area contributed by atoms with E-state index >= 15 is 0 Å². The topological polar surface area (TPSA) is 90.7 Å². The lowest BCUT2D eigenvalue weighted by molar-refractivity contribution is -0.385. The van der Waals surface area contributed by atoms with Crippen molar-refractivity contribution in [3.63, 3.8) is 0 Å². The van der Waals surface area contributed by atoms with Crippen molar-refractivity contribution in [1.29, 1.82) is 0 Å². The van der Waals surface area contributed by atoms with Gasteiger partial charge in [-0.1, -0.05) is 12.1 Å². The molecule has 2 aromatic rings. The summed E-state index contributed by atoms with van der Waals surface area (Å²) in [7, 11) is 1.42. The largest absolute Gasteiger partial charge is 0.493 e. The SMILES string of the molecule is COc1ccc([N+](=O)[O-])cc1OC(C)C(=O)Nc1cccc(C)c1. The Morgan fingerprint density at radius 3 is 2.58 bits per heavy atom. The van der Waals surface area contributed by atoms with Crippen molar-refractivity contribution in [3.8, 4) is 11.5 Å². The Hall–Kier alpha value is -3.09. The number of nitrogens with zero attached hydrogens (tertiary/aromatic N) is 1. The summed E-state index contributed by atoms with van der Waals surface area (Å²) in [5, 5.41) is 13.6. The lowest BCUT2D eigenvalue weighted by Gasteiger charge is -2.16. The number of anilines is 1. The summed E-state index contributed by atoms with van der Waals surface area (Å²) in [4.78, 5) is 22.6. The molecule has 7 nitrogen and oxygen atoms in total. The molecule has 0 saturated heterocycles. The lowest BCUT2D eigenvalue weighted by Crippen LogP contribution is -2.30. The van der Waals surface area contributed by atoms with Crippen LogP contribution in [0, 0.1) is 17.0 Å². The molecule has 0 radical (unpaired) electrons. The van der Waals surface area contributed by atoms with Crippen molar-refractivity contribution < 1.29 is 19.2 Å². The number of carbonyl (C=O) groups is 1. The third kappa shape index (κ3) is 4.22. The fourth-order valence-corrected chi connectivity index (χ4v) is 2.08. The van der Waals surface area contributed by atoms with E-state index in [0.29, 0.717) is 11.4 Å². The van der Waals surface area contributed by atoms with Crippen LogP contribution in [-0.2, 0) is 4.79 Å². The maximum atomic E-state index is 12.2. The van der Waals surface area contributed by atoms with E-state index in [1.807, 2.05) is 25.1 Å². The van der Waals surface area contributed by atoms with E-state index in [2.05, 4.69) is 5.32 Å². The van der Waals surface area contributed by atoms with Gasteiger partial charge < -0.3 is 14.8 Å². The van der Waals surface area contributed by atoms with Crippen LogP contribution in [0.1, 0.15) is 12.5 Å². The highest BCUT2D eigenvalue weighted by Crippen LogP contribution is 2.32.